The molecule has 1 saturated heterocycles. The van der Waals surface area contributed by atoms with Gasteiger partial charge in [0.25, 0.3) is 0 Å². The number of esters is 1. The molecule has 1 fully saturated rings. The van der Waals surface area contributed by atoms with Gasteiger partial charge in [0.15, 0.2) is 6.10 Å². The minimum atomic E-state index is -0.987. The van der Waals surface area contributed by atoms with E-state index >= 15 is 0 Å². The Hall–Kier alpha value is -1.40. The first kappa shape index (κ1) is 16.0. The summed E-state index contributed by atoms with van der Waals surface area (Å²) in [6.07, 6.45) is 0.641. The molecule has 2 rings (SSSR count). The van der Waals surface area contributed by atoms with E-state index in [0.717, 1.165) is 38.2 Å². The van der Waals surface area contributed by atoms with Crippen molar-refractivity contribution in [2.24, 2.45) is 13.0 Å². The van der Waals surface area contributed by atoms with Crippen molar-refractivity contribution in [3.05, 3.63) is 17.0 Å². The molecule has 2 heterocycles. The van der Waals surface area contributed by atoms with E-state index in [0.29, 0.717) is 0 Å². The molecule has 6 heteroatoms. The highest BCUT2D eigenvalue weighted by Crippen LogP contribution is 2.24. The van der Waals surface area contributed by atoms with Gasteiger partial charge in [0, 0.05) is 24.8 Å². The Labute approximate surface area is 125 Å². The maximum atomic E-state index is 11.4. The normalized spacial score (nSPS) is 18.7. The molecule has 1 aliphatic heterocycles. The number of ether oxygens (including phenoxy) is 1. The minimum Gasteiger partial charge on any atom is -0.467 e. The van der Waals surface area contributed by atoms with Crippen molar-refractivity contribution in [2.45, 2.75) is 39.3 Å². The van der Waals surface area contributed by atoms with Crippen LogP contribution in [-0.2, 0) is 23.1 Å². The summed E-state index contributed by atoms with van der Waals surface area (Å²) in [6, 6.07) is 0. The van der Waals surface area contributed by atoms with Crippen molar-refractivity contribution in [1.29, 1.82) is 0 Å². The van der Waals surface area contributed by atoms with Gasteiger partial charge >= 0.3 is 5.97 Å². The predicted octanol–water partition coefficient (Wildman–Crippen LogP) is 0.783. The van der Waals surface area contributed by atoms with Crippen LogP contribution in [0.3, 0.4) is 0 Å². The zero-order valence-electron chi connectivity index (χ0n) is 13.3. The van der Waals surface area contributed by atoms with Gasteiger partial charge in [0.1, 0.15) is 0 Å². The van der Waals surface area contributed by atoms with Crippen LogP contribution in [0.4, 0.5) is 0 Å². The second kappa shape index (κ2) is 6.58. The summed E-state index contributed by atoms with van der Waals surface area (Å²) >= 11 is 0. The topological polar surface area (TPSA) is 67.6 Å². The summed E-state index contributed by atoms with van der Waals surface area (Å²) < 4.78 is 6.52. The van der Waals surface area contributed by atoms with Crippen LogP contribution in [0.25, 0.3) is 0 Å². The van der Waals surface area contributed by atoms with Gasteiger partial charge in [-0.15, -0.1) is 0 Å². The lowest BCUT2D eigenvalue weighted by Crippen LogP contribution is -2.40. The van der Waals surface area contributed by atoms with E-state index in [1.165, 1.54) is 18.4 Å². The second-order valence-corrected chi connectivity index (χ2v) is 5.85. The molecule has 0 aromatic carbocycles. The van der Waals surface area contributed by atoms with E-state index in [1.54, 1.807) is 0 Å². The van der Waals surface area contributed by atoms with Gasteiger partial charge in [-0.1, -0.05) is 0 Å². The largest absolute Gasteiger partial charge is 0.467 e. The molecule has 0 bridgehead atoms. The zero-order valence-corrected chi connectivity index (χ0v) is 13.3. The van der Waals surface area contributed by atoms with E-state index in [-0.39, 0.29) is 5.92 Å². The number of carbonyl (C=O) groups is 1. The number of hydrogen-bond donors (Lipinski definition) is 1. The molecular weight excluding hydrogens is 270 g/mol. The summed E-state index contributed by atoms with van der Waals surface area (Å²) in [6.45, 7) is 6.77. The minimum absolute atomic E-state index is 0.00444. The third-order valence-electron chi connectivity index (χ3n) is 4.56. The van der Waals surface area contributed by atoms with Crippen LogP contribution in [0, 0.1) is 19.8 Å². The molecular formula is C15H25N3O3. The molecule has 118 valence electrons. The van der Waals surface area contributed by atoms with Crippen LogP contribution in [0.5, 0.6) is 0 Å². The van der Waals surface area contributed by atoms with Gasteiger partial charge < -0.3 is 9.84 Å². The van der Waals surface area contributed by atoms with Crippen molar-refractivity contribution in [3.63, 3.8) is 0 Å². The maximum Gasteiger partial charge on any atom is 0.334 e. The van der Waals surface area contributed by atoms with E-state index in [4.69, 9.17) is 0 Å². The zero-order chi connectivity index (χ0) is 15.6. The highest BCUT2D eigenvalue weighted by Gasteiger charge is 2.30. The Balaban J connectivity index is 1.91. The first-order valence-electron chi connectivity index (χ1n) is 7.41. The summed E-state index contributed by atoms with van der Waals surface area (Å²) in [7, 11) is 3.28. The Kier molecular flexibility index (Phi) is 5.00. The van der Waals surface area contributed by atoms with Crippen molar-refractivity contribution in [2.75, 3.05) is 20.2 Å². The van der Waals surface area contributed by atoms with Gasteiger partial charge in [-0.3, -0.25) is 9.58 Å². The smallest absolute Gasteiger partial charge is 0.334 e. The van der Waals surface area contributed by atoms with E-state index in [1.807, 2.05) is 18.7 Å². The van der Waals surface area contributed by atoms with Gasteiger partial charge in [-0.25, -0.2) is 4.79 Å². The van der Waals surface area contributed by atoms with E-state index in [2.05, 4.69) is 21.7 Å². The van der Waals surface area contributed by atoms with Gasteiger partial charge in [-0.2, -0.15) is 5.10 Å². The molecule has 21 heavy (non-hydrogen) atoms. The first-order valence-corrected chi connectivity index (χ1v) is 7.41. The fourth-order valence-electron chi connectivity index (χ4n) is 3.01. The summed E-state index contributed by atoms with van der Waals surface area (Å²) in [5.41, 5.74) is 3.56. The predicted molar refractivity (Wildman–Crippen MR) is 78.7 cm³/mol. The van der Waals surface area contributed by atoms with Crippen LogP contribution in [-0.4, -0.2) is 52.1 Å². The van der Waals surface area contributed by atoms with Gasteiger partial charge in [0.2, 0.25) is 0 Å². The molecule has 6 nitrogen and oxygen atoms in total. The average molecular weight is 295 g/mol. The van der Waals surface area contributed by atoms with E-state index < -0.39 is 12.1 Å². The van der Waals surface area contributed by atoms with Gasteiger partial charge in [-0.05, 0) is 45.7 Å². The average Bonchev–Trinajstić information content (AvgIpc) is 2.73. The molecule has 0 aliphatic carbocycles. The van der Waals surface area contributed by atoms with Crippen molar-refractivity contribution in [1.82, 2.24) is 14.7 Å². The number of likely N-dealkylation sites (tertiary alicyclic amines) is 1. The quantitative estimate of drug-likeness (QED) is 0.832. The number of aryl methyl sites for hydroxylation is 2. The summed E-state index contributed by atoms with van der Waals surface area (Å²) in [5.74, 6) is -0.516. The molecule has 1 N–H and O–H groups in total. The number of methoxy groups -OCH3 is 1. The van der Waals surface area contributed by atoms with Crippen molar-refractivity contribution < 1.29 is 14.6 Å². The Bertz CT molecular complexity index is 505. The fraction of sp³-hybridized carbons (Fsp3) is 0.733. The highest BCUT2D eigenvalue weighted by atomic mass is 16.5. The SMILES string of the molecule is COC(=O)C(O)C1CCN(Cc2c(C)nn(C)c2C)CC1. The Morgan fingerprint density at radius 3 is 2.52 bits per heavy atom. The third-order valence-corrected chi connectivity index (χ3v) is 4.56. The molecule has 1 atom stereocenters. The van der Waals surface area contributed by atoms with Gasteiger partial charge in [0.05, 0.1) is 12.8 Å². The second-order valence-electron chi connectivity index (χ2n) is 5.85. The molecule has 0 amide bonds. The molecule has 1 unspecified atom stereocenters. The number of piperidine rings is 1. The summed E-state index contributed by atoms with van der Waals surface area (Å²) in [5, 5.41) is 14.3. The standard InChI is InChI=1S/C15H25N3O3/c1-10-13(11(2)17(3)16-10)9-18-7-5-12(6-8-18)14(19)15(20)21-4/h12,14,19H,5-9H2,1-4H3. The van der Waals surface area contributed by atoms with Crippen LogP contribution in [0.2, 0.25) is 0 Å². The van der Waals surface area contributed by atoms with E-state index in [9.17, 15) is 9.90 Å². The Morgan fingerprint density at radius 2 is 2.05 bits per heavy atom. The lowest BCUT2D eigenvalue weighted by atomic mass is 9.91. The molecule has 0 saturated carbocycles. The molecule has 0 radical (unpaired) electrons. The lowest BCUT2D eigenvalue weighted by molar-refractivity contribution is -0.154. The van der Waals surface area contributed by atoms with Crippen LogP contribution in [0.1, 0.15) is 29.8 Å². The molecule has 1 aromatic rings. The van der Waals surface area contributed by atoms with Crippen molar-refractivity contribution >= 4 is 5.97 Å². The number of aliphatic hydroxyl groups excluding tert-OH is 1. The summed E-state index contributed by atoms with van der Waals surface area (Å²) in [4.78, 5) is 13.7. The highest BCUT2D eigenvalue weighted by molar-refractivity contribution is 5.74. The number of aromatic nitrogens is 2. The Morgan fingerprint density at radius 1 is 1.43 bits per heavy atom. The van der Waals surface area contributed by atoms with Crippen LogP contribution >= 0.6 is 0 Å². The number of rotatable bonds is 4. The maximum absolute atomic E-state index is 11.4. The number of nitrogens with zero attached hydrogens (tertiary/aromatic N) is 3. The van der Waals surface area contributed by atoms with Crippen LogP contribution in [0.15, 0.2) is 0 Å². The van der Waals surface area contributed by atoms with Crippen molar-refractivity contribution in [3.8, 4) is 0 Å². The number of hydrogen-bond acceptors (Lipinski definition) is 5. The number of carbonyl (C=O) groups excluding carboxylic acids is 1. The molecule has 1 aromatic heterocycles. The monoisotopic (exact) mass is 295 g/mol. The third kappa shape index (κ3) is 3.44. The number of aliphatic hydroxyl groups is 1. The lowest BCUT2D eigenvalue weighted by Gasteiger charge is -2.33. The molecule has 0 spiro atoms. The molecule has 1 aliphatic rings. The fourth-order valence-corrected chi connectivity index (χ4v) is 3.01. The first-order chi connectivity index (χ1) is 9.93. The van der Waals surface area contributed by atoms with Crippen LogP contribution < -0.4 is 0 Å².